The maximum Gasteiger partial charge on any atom is 0.275 e. The first-order chi connectivity index (χ1) is 11.4. The number of carbonyl (C=O) groups excluding carboxylic acids is 1. The van der Waals surface area contributed by atoms with Crippen molar-refractivity contribution in [3.05, 3.63) is 65.7 Å². The molecular formula is C17H14N2O3S2. The van der Waals surface area contributed by atoms with Crippen molar-refractivity contribution in [3.8, 4) is 10.6 Å². The summed E-state index contributed by atoms with van der Waals surface area (Å²) in [7, 11) is -3.32. The van der Waals surface area contributed by atoms with Crippen molar-refractivity contribution in [1.82, 2.24) is 4.98 Å². The van der Waals surface area contributed by atoms with E-state index in [2.05, 4.69) is 10.3 Å². The van der Waals surface area contributed by atoms with Crippen molar-refractivity contribution < 1.29 is 13.2 Å². The highest BCUT2D eigenvalue weighted by Gasteiger charge is 2.13. The molecule has 0 bridgehead atoms. The van der Waals surface area contributed by atoms with Crippen molar-refractivity contribution in [2.45, 2.75) is 4.90 Å². The van der Waals surface area contributed by atoms with Gasteiger partial charge in [0, 0.05) is 22.9 Å². The quantitative estimate of drug-likeness (QED) is 0.775. The topological polar surface area (TPSA) is 76.1 Å². The fraction of sp³-hybridized carbons (Fsp3) is 0.0588. The molecule has 3 aromatic rings. The van der Waals surface area contributed by atoms with Crippen molar-refractivity contribution in [3.63, 3.8) is 0 Å². The molecule has 0 saturated heterocycles. The van der Waals surface area contributed by atoms with Gasteiger partial charge in [-0.15, -0.1) is 11.3 Å². The summed E-state index contributed by atoms with van der Waals surface area (Å²) in [4.78, 5) is 16.8. The molecule has 0 saturated carbocycles. The Morgan fingerprint density at radius 1 is 1.08 bits per heavy atom. The number of thiazole rings is 1. The number of nitrogens with zero attached hydrogens (tertiary/aromatic N) is 1. The van der Waals surface area contributed by atoms with E-state index in [1.165, 1.54) is 23.5 Å². The minimum atomic E-state index is -3.32. The van der Waals surface area contributed by atoms with Crippen molar-refractivity contribution >= 4 is 32.8 Å². The monoisotopic (exact) mass is 358 g/mol. The highest BCUT2D eigenvalue weighted by Crippen LogP contribution is 2.24. The summed E-state index contributed by atoms with van der Waals surface area (Å²) < 4.78 is 23.2. The van der Waals surface area contributed by atoms with E-state index >= 15 is 0 Å². The van der Waals surface area contributed by atoms with Gasteiger partial charge in [-0.25, -0.2) is 13.4 Å². The second-order valence-electron chi connectivity index (χ2n) is 5.16. The first-order valence-corrected chi connectivity index (χ1v) is 9.83. The first-order valence-electron chi connectivity index (χ1n) is 7.06. The van der Waals surface area contributed by atoms with E-state index in [-0.39, 0.29) is 10.8 Å². The lowest BCUT2D eigenvalue weighted by atomic mass is 10.2. The largest absolute Gasteiger partial charge is 0.321 e. The molecule has 122 valence electrons. The van der Waals surface area contributed by atoms with E-state index in [0.29, 0.717) is 11.4 Å². The smallest absolute Gasteiger partial charge is 0.275 e. The molecule has 0 aliphatic heterocycles. The Kier molecular flexibility index (Phi) is 4.46. The summed E-state index contributed by atoms with van der Waals surface area (Å²) in [6.45, 7) is 0. The Hall–Kier alpha value is -2.51. The van der Waals surface area contributed by atoms with Crippen LogP contribution in [0.2, 0.25) is 0 Å². The summed E-state index contributed by atoms with van der Waals surface area (Å²) in [6.07, 6.45) is 1.13. The number of sulfone groups is 1. The summed E-state index contributed by atoms with van der Waals surface area (Å²) in [5.41, 5.74) is 1.65. The third-order valence-corrected chi connectivity index (χ3v) is 5.28. The van der Waals surface area contributed by atoms with Gasteiger partial charge in [-0.1, -0.05) is 36.4 Å². The molecule has 1 amide bonds. The van der Waals surface area contributed by atoms with E-state index in [1.807, 2.05) is 30.3 Å². The fourth-order valence-corrected chi connectivity index (χ4v) is 3.56. The molecule has 1 heterocycles. The summed E-state index contributed by atoms with van der Waals surface area (Å²) in [5.74, 6) is -0.376. The van der Waals surface area contributed by atoms with E-state index in [1.54, 1.807) is 17.5 Å². The predicted molar refractivity (Wildman–Crippen MR) is 95.1 cm³/mol. The number of benzene rings is 2. The van der Waals surface area contributed by atoms with Crippen molar-refractivity contribution in [1.29, 1.82) is 0 Å². The van der Waals surface area contributed by atoms with Crippen LogP contribution in [0.3, 0.4) is 0 Å². The Labute approximate surface area is 143 Å². The van der Waals surface area contributed by atoms with Crippen LogP contribution in [0.1, 0.15) is 10.5 Å². The van der Waals surface area contributed by atoms with Gasteiger partial charge < -0.3 is 5.32 Å². The standard InChI is InChI=1S/C17H14N2O3S2/c1-24(21,22)14-9-5-8-13(10-14)18-16(20)15-11-23-17(19-15)12-6-3-2-4-7-12/h2-11H,1H3,(H,18,20). The average Bonchev–Trinajstić information content (AvgIpc) is 3.05. The van der Waals surface area contributed by atoms with Crippen molar-refractivity contribution in [2.24, 2.45) is 0 Å². The minimum absolute atomic E-state index is 0.156. The Balaban J connectivity index is 1.80. The van der Waals surface area contributed by atoms with E-state index in [9.17, 15) is 13.2 Å². The van der Waals surface area contributed by atoms with Crippen molar-refractivity contribution in [2.75, 3.05) is 11.6 Å². The Bertz CT molecular complexity index is 980. The molecule has 0 spiro atoms. The highest BCUT2D eigenvalue weighted by atomic mass is 32.2. The third kappa shape index (κ3) is 3.69. The maximum absolute atomic E-state index is 12.3. The second kappa shape index (κ2) is 6.54. The Morgan fingerprint density at radius 2 is 1.83 bits per heavy atom. The van der Waals surface area contributed by atoms with Crippen LogP contribution in [0.15, 0.2) is 64.9 Å². The summed E-state index contributed by atoms with van der Waals surface area (Å²) >= 11 is 1.38. The molecule has 1 N–H and O–H groups in total. The number of hydrogen-bond donors (Lipinski definition) is 1. The van der Waals surface area contributed by atoms with Crippen LogP contribution < -0.4 is 5.32 Å². The fourth-order valence-electron chi connectivity index (χ4n) is 2.09. The molecule has 0 radical (unpaired) electrons. The number of anilines is 1. The van der Waals surface area contributed by atoms with Crippen LogP contribution in [-0.4, -0.2) is 25.6 Å². The molecule has 0 unspecified atom stereocenters. The molecule has 7 heteroatoms. The van der Waals surface area contributed by atoms with Gasteiger partial charge in [0.2, 0.25) is 0 Å². The minimum Gasteiger partial charge on any atom is -0.321 e. The second-order valence-corrected chi connectivity index (χ2v) is 8.03. The number of carbonyl (C=O) groups is 1. The number of rotatable bonds is 4. The van der Waals surface area contributed by atoms with Crippen LogP contribution in [0.5, 0.6) is 0 Å². The zero-order valence-electron chi connectivity index (χ0n) is 12.8. The Morgan fingerprint density at radius 3 is 2.54 bits per heavy atom. The van der Waals surface area contributed by atoms with Gasteiger partial charge in [0.1, 0.15) is 10.7 Å². The summed E-state index contributed by atoms with van der Waals surface area (Å²) in [5, 5.41) is 5.11. The molecule has 3 rings (SSSR count). The molecule has 5 nitrogen and oxygen atoms in total. The average molecular weight is 358 g/mol. The van der Waals surface area contributed by atoms with Gasteiger partial charge in [0.25, 0.3) is 5.91 Å². The first kappa shape index (κ1) is 16.4. The zero-order chi connectivity index (χ0) is 17.2. The normalized spacial score (nSPS) is 11.2. The maximum atomic E-state index is 12.3. The van der Waals surface area contributed by atoms with Crippen LogP contribution in [0.4, 0.5) is 5.69 Å². The molecule has 0 fully saturated rings. The highest BCUT2D eigenvalue weighted by molar-refractivity contribution is 7.90. The lowest BCUT2D eigenvalue weighted by Gasteiger charge is -2.05. The molecule has 24 heavy (non-hydrogen) atoms. The number of amides is 1. The summed E-state index contributed by atoms with van der Waals surface area (Å²) in [6, 6.07) is 15.7. The molecular weight excluding hydrogens is 344 g/mol. The molecule has 0 aliphatic carbocycles. The van der Waals surface area contributed by atoms with Crippen LogP contribution >= 0.6 is 11.3 Å². The third-order valence-electron chi connectivity index (χ3n) is 3.28. The van der Waals surface area contributed by atoms with Gasteiger partial charge in [-0.05, 0) is 18.2 Å². The number of aromatic nitrogens is 1. The molecule has 1 aromatic heterocycles. The molecule has 0 atom stereocenters. The lowest BCUT2D eigenvalue weighted by molar-refractivity contribution is 0.102. The SMILES string of the molecule is CS(=O)(=O)c1cccc(NC(=O)c2csc(-c3ccccc3)n2)c1. The number of nitrogens with one attached hydrogen (secondary N) is 1. The van der Waals surface area contributed by atoms with Gasteiger partial charge >= 0.3 is 0 Å². The zero-order valence-corrected chi connectivity index (χ0v) is 14.4. The van der Waals surface area contributed by atoms with Gasteiger partial charge in [0.05, 0.1) is 4.90 Å². The van der Waals surface area contributed by atoms with Gasteiger partial charge in [-0.3, -0.25) is 4.79 Å². The van der Waals surface area contributed by atoms with Crippen LogP contribution in [-0.2, 0) is 9.84 Å². The van der Waals surface area contributed by atoms with E-state index in [4.69, 9.17) is 0 Å². The number of hydrogen-bond acceptors (Lipinski definition) is 5. The predicted octanol–water partition coefficient (Wildman–Crippen LogP) is 3.47. The van der Waals surface area contributed by atoms with E-state index in [0.717, 1.165) is 16.8 Å². The van der Waals surface area contributed by atoms with Crippen LogP contribution in [0, 0.1) is 0 Å². The van der Waals surface area contributed by atoms with Gasteiger partial charge in [-0.2, -0.15) is 0 Å². The lowest BCUT2D eigenvalue weighted by Crippen LogP contribution is -2.12. The van der Waals surface area contributed by atoms with Gasteiger partial charge in [0.15, 0.2) is 9.84 Å². The van der Waals surface area contributed by atoms with Crippen LogP contribution in [0.25, 0.3) is 10.6 Å². The molecule has 0 aliphatic rings. The molecule has 2 aromatic carbocycles. The van der Waals surface area contributed by atoms with E-state index < -0.39 is 9.84 Å².